The Balaban J connectivity index is 1.91. The molecule has 3 aromatic rings. The first-order chi connectivity index (χ1) is 17.6. The van der Waals surface area contributed by atoms with E-state index in [4.69, 9.17) is 19.3 Å². The monoisotopic (exact) mass is 500 g/mol. The van der Waals surface area contributed by atoms with Crippen molar-refractivity contribution in [1.29, 1.82) is 0 Å². The predicted octanol–water partition coefficient (Wildman–Crippen LogP) is 7.36. The topological polar surface area (TPSA) is 65.0 Å². The van der Waals surface area contributed by atoms with Crippen molar-refractivity contribution in [2.75, 3.05) is 13.9 Å². The molecule has 0 aromatic heterocycles. The van der Waals surface area contributed by atoms with Crippen molar-refractivity contribution in [3.8, 4) is 22.6 Å². The van der Waals surface area contributed by atoms with Crippen LogP contribution in [0.25, 0.3) is 17.2 Å². The SMILES string of the molecule is COCOc1ccc(/C=C/C(=O)O)cc1-c1cc2c(cc1OCc1ccccc1)C(C)(C)CCC2(C)C. The van der Waals surface area contributed by atoms with Crippen molar-refractivity contribution < 1.29 is 24.1 Å². The van der Waals surface area contributed by atoms with Gasteiger partial charge in [-0.3, -0.25) is 0 Å². The highest BCUT2D eigenvalue weighted by molar-refractivity contribution is 5.86. The number of carbonyl (C=O) groups is 1. The number of methoxy groups -OCH3 is 1. The van der Waals surface area contributed by atoms with Crippen molar-refractivity contribution >= 4 is 12.0 Å². The molecule has 0 unspecified atom stereocenters. The van der Waals surface area contributed by atoms with Gasteiger partial charge in [-0.25, -0.2) is 4.79 Å². The van der Waals surface area contributed by atoms with E-state index in [-0.39, 0.29) is 17.6 Å². The van der Waals surface area contributed by atoms with E-state index >= 15 is 0 Å². The molecule has 0 heterocycles. The number of benzene rings is 3. The van der Waals surface area contributed by atoms with Crippen LogP contribution in [0.2, 0.25) is 0 Å². The molecular weight excluding hydrogens is 464 g/mol. The molecule has 1 N–H and O–H groups in total. The fourth-order valence-corrected chi connectivity index (χ4v) is 4.94. The number of carboxylic acid groups (broad SMARTS) is 1. The van der Waals surface area contributed by atoms with Gasteiger partial charge in [0.15, 0.2) is 6.79 Å². The first-order valence-electron chi connectivity index (χ1n) is 12.6. The lowest BCUT2D eigenvalue weighted by molar-refractivity contribution is -0.131. The van der Waals surface area contributed by atoms with Crippen molar-refractivity contribution in [2.24, 2.45) is 0 Å². The molecule has 1 aliphatic carbocycles. The summed E-state index contributed by atoms with van der Waals surface area (Å²) in [6.45, 7) is 9.72. The van der Waals surface area contributed by atoms with Crippen LogP contribution >= 0.6 is 0 Å². The van der Waals surface area contributed by atoms with Gasteiger partial charge in [0.25, 0.3) is 0 Å². The maximum absolute atomic E-state index is 11.2. The molecule has 0 bridgehead atoms. The summed E-state index contributed by atoms with van der Waals surface area (Å²) >= 11 is 0. The maximum atomic E-state index is 11.2. The molecule has 0 atom stereocenters. The lowest BCUT2D eigenvalue weighted by Crippen LogP contribution is -2.34. The highest BCUT2D eigenvalue weighted by Crippen LogP contribution is 2.50. The molecule has 5 nitrogen and oxygen atoms in total. The average molecular weight is 501 g/mol. The molecule has 0 radical (unpaired) electrons. The lowest BCUT2D eigenvalue weighted by Gasteiger charge is -2.42. The number of fused-ring (bicyclic) bond motifs is 1. The molecule has 37 heavy (non-hydrogen) atoms. The molecule has 0 saturated heterocycles. The van der Waals surface area contributed by atoms with Crippen LogP contribution in [0.3, 0.4) is 0 Å². The van der Waals surface area contributed by atoms with Gasteiger partial charge in [-0.15, -0.1) is 0 Å². The van der Waals surface area contributed by atoms with E-state index in [2.05, 4.69) is 52.0 Å². The third kappa shape index (κ3) is 6.05. The molecule has 0 saturated carbocycles. The highest BCUT2D eigenvalue weighted by Gasteiger charge is 2.38. The third-order valence-corrected chi connectivity index (χ3v) is 7.23. The number of ether oxygens (including phenoxy) is 3. The molecule has 0 amide bonds. The second kappa shape index (κ2) is 10.8. The Kier molecular flexibility index (Phi) is 7.74. The van der Waals surface area contributed by atoms with Crippen molar-refractivity contribution in [3.05, 3.63) is 89.0 Å². The first kappa shape index (κ1) is 26.5. The number of rotatable bonds is 9. The minimum absolute atomic E-state index is 0.00589. The lowest BCUT2D eigenvalue weighted by atomic mass is 9.62. The zero-order valence-corrected chi connectivity index (χ0v) is 22.3. The molecule has 5 heteroatoms. The summed E-state index contributed by atoms with van der Waals surface area (Å²) in [7, 11) is 1.58. The summed E-state index contributed by atoms with van der Waals surface area (Å²) in [6.07, 6.45) is 4.91. The van der Waals surface area contributed by atoms with Gasteiger partial charge in [0.05, 0.1) is 0 Å². The quantitative estimate of drug-likeness (QED) is 0.246. The summed E-state index contributed by atoms with van der Waals surface area (Å²) in [5.74, 6) is 0.424. The van der Waals surface area contributed by atoms with Gasteiger partial charge in [-0.05, 0) is 76.3 Å². The smallest absolute Gasteiger partial charge is 0.328 e. The summed E-state index contributed by atoms with van der Waals surface area (Å²) in [5.41, 5.74) is 6.22. The Morgan fingerprint density at radius 3 is 2.16 bits per heavy atom. The van der Waals surface area contributed by atoms with Crippen LogP contribution in [-0.4, -0.2) is 25.0 Å². The largest absolute Gasteiger partial charge is 0.488 e. The van der Waals surface area contributed by atoms with Crippen LogP contribution in [0.15, 0.2) is 66.7 Å². The normalized spacial score (nSPS) is 15.8. The van der Waals surface area contributed by atoms with Gasteiger partial charge >= 0.3 is 5.97 Å². The predicted molar refractivity (Wildman–Crippen MR) is 147 cm³/mol. The van der Waals surface area contributed by atoms with E-state index in [1.165, 1.54) is 11.1 Å². The van der Waals surface area contributed by atoms with Crippen LogP contribution in [0, 0.1) is 0 Å². The van der Waals surface area contributed by atoms with Gasteiger partial charge in [0.1, 0.15) is 18.1 Å². The molecule has 0 aliphatic heterocycles. The van der Waals surface area contributed by atoms with E-state index in [0.29, 0.717) is 12.4 Å². The Bertz CT molecular complexity index is 1290. The standard InChI is InChI=1S/C32H36O5/c1-31(2)15-16-32(3,4)27-19-29(36-20-23-9-7-6-8-10-23)25(18-26(27)31)24-17-22(12-14-30(33)34)11-13-28(24)37-21-35-5/h6-14,17-19H,15-16,20-21H2,1-5H3,(H,33,34)/b14-12+. The molecule has 1 aliphatic rings. The van der Waals surface area contributed by atoms with Crippen LogP contribution < -0.4 is 9.47 Å². The minimum Gasteiger partial charge on any atom is -0.488 e. The number of aliphatic carboxylic acids is 1. The fraction of sp³-hybridized carbons (Fsp3) is 0.344. The van der Waals surface area contributed by atoms with E-state index < -0.39 is 5.97 Å². The van der Waals surface area contributed by atoms with Crippen LogP contribution in [0.5, 0.6) is 11.5 Å². The van der Waals surface area contributed by atoms with E-state index in [1.807, 2.05) is 36.4 Å². The molecule has 3 aromatic carbocycles. The summed E-state index contributed by atoms with van der Waals surface area (Å²) < 4.78 is 17.6. The highest BCUT2D eigenvalue weighted by atomic mass is 16.7. The van der Waals surface area contributed by atoms with Gasteiger partial charge in [0, 0.05) is 24.3 Å². The second-order valence-corrected chi connectivity index (χ2v) is 10.9. The number of carboxylic acids is 1. The maximum Gasteiger partial charge on any atom is 0.328 e. The van der Waals surface area contributed by atoms with Crippen molar-refractivity contribution in [2.45, 2.75) is 58.0 Å². The Hall–Kier alpha value is -3.57. The second-order valence-electron chi connectivity index (χ2n) is 10.9. The Morgan fingerprint density at radius 2 is 1.51 bits per heavy atom. The van der Waals surface area contributed by atoms with Crippen LogP contribution in [0.4, 0.5) is 0 Å². The third-order valence-electron chi connectivity index (χ3n) is 7.23. The van der Waals surface area contributed by atoms with Crippen LogP contribution in [0.1, 0.15) is 62.8 Å². The number of hydrogen-bond acceptors (Lipinski definition) is 4. The van der Waals surface area contributed by atoms with E-state index in [9.17, 15) is 4.79 Å². The van der Waals surface area contributed by atoms with Crippen LogP contribution in [-0.2, 0) is 27.0 Å². The molecule has 0 fully saturated rings. The zero-order chi connectivity index (χ0) is 26.6. The summed E-state index contributed by atoms with van der Waals surface area (Å²) in [4.78, 5) is 11.2. The van der Waals surface area contributed by atoms with Crippen molar-refractivity contribution in [3.63, 3.8) is 0 Å². The molecule has 194 valence electrons. The van der Waals surface area contributed by atoms with Gasteiger partial charge < -0.3 is 19.3 Å². The van der Waals surface area contributed by atoms with Gasteiger partial charge in [-0.2, -0.15) is 0 Å². The zero-order valence-electron chi connectivity index (χ0n) is 22.3. The summed E-state index contributed by atoms with van der Waals surface area (Å²) in [5, 5.41) is 9.15. The molecular formula is C32H36O5. The summed E-state index contributed by atoms with van der Waals surface area (Å²) in [6, 6.07) is 20.2. The molecule has 0 spiro atoms. The van der Waals surface area contributed by atoms with Crippen molar-refractivity contribution in [1.82, 2.24) is 0 Å². The Labute approximate surface area is 219 Å². The number of hydrogen-bond donors (Lipinski definition) is 1. The van der Waals surface area contributed by atoms with Gasteiger partial charge in [-0.1, -0.05) is 64.1 Å². The minimum atomic E-state index is -0.995. The average Bonchev–Trinajstić information content (AvgIpc) is 2.88. The Morgan fingerprint density at radius 1 is 0.865 bits per heavy atom. The van der Waals surface area contributed by atoms with E-state index in [0.717, 1.165) is 46.9 Å². The molecule has 4 rings (SSSR count). The van der Waals surface area contributed by atoms with Gasteiger partial charge in [0.2, 0.25) is 0 Å². The van der Waals surface area contributed by atoms with E-state index in [1.54, 1.807) is 13.2 Å². The first-order valence-corrected chi connectivity index (χ1v) is 12.6. The fourth-order valence-electron chi connectivity index (χ4n) is 4.94.